The summed E-state index contributed by atoms with van der Waals surface area (Å²) in [5.74, 6) is 0. The molecule has 0 amide bonds. The van der Waals surface area contributed by atoms with Crippen molar-refractivity contribution in [1.29, 1.82) is 0 Å². The van der Waals surface area contributed by atoms with E-state index < -0.39 is 10.0 Å². The number of methoxy groups -OCH3 is 1. The maximum atomic E-state index is 12.0. The van der Waals surface area contributed by atoms with Crippen molar-refractivity contribution in [2.75, 3.05) is 19.0 Å². The molecule has 7 heteroatoms. The highest BCUT2D eigenvalue weighted by atomic mass is 79.9. The summed E-state index contributed by atoms with van der Waals surface area (Å²) in [6, 6.07) is 5.80. The average Bonchev–Trinajstić information content (AvgIpc) is 2.28. The number of benzene rings is 1. The monoisotopic (exact) mass is 341 g/mol. The van der Waals surface area contributed by atoms with Crippen LogP contribution < -0.4 is 4.72 Å². The second-order valence-electron chi connectivity index (χ2n) is 3.39. The summed E-state index contributed by atoms with van der Waals surface area (Å²) >= 11 is 8.98. The summed E-state index contributed by atoms with van der Waals surface area (Å²) in [5, 5.41) is 0.857. The van der Waals surface area contributed by atoms with Gasteiger partial charge in [-0.25, -0.2) is 13.1 Å². The second-order valence-corrected chi connectivity index (χ2v) is 6.18. The van der Waals surface area contributed by atoms with E-state index in [1.807, 2.05) is 0 Å². The third-order valence-corrected chi connectivity index (χ3v) is 4.52. The molecule has 0 aliphatic carbocycles. The average molecular weight is 343 g/mol. The number of sulfonamides is 1. The van der Waals surface area contributed by atoms with Crippen molar-refractivity contribution in [3.63, 3.8) is 0 Å². The Bertz CT molecular complexity index is 466. The Morgan fingerprint density at radius 1 is 1.53 bits per heavy atom. The third kappa shape index (κ3) is 4.56. The van der Waals surface area contributed by atoms with Gasteiger partial charge in [0.15, 0.2) is 0 Å². The van der Waals surface area contributed by atoms with Crippen molar-refractivity contribution in [3.05, 3.63) is 29.3 Å². The lowest BCUT2D eigenvalue weighted by Crippen LogP contribution is -2.39. The van der Waals surface area contributed by atoms with Crippen molar-refractivity contribution in [2.24, 2.45) is 0 Å². The Balaban J connectivity index is 2.88. The summed E-state index contributed by atoms with van der Waals surface area (Å²) in [7, 11) is -2.04. The van der Waals surface area contributed by atoms with Gasteiger partial charge in [-0.15, -0.1) is 0 Å². The van der Waals surface area contributed by atoms with Crippen LogP contribution in [0.3, 0.4) is 0 Å². The Kier molecular flexibility index (Phi) is 5.88. The van der Waals surface area contributed by atoms with Gasteiger partial charge in [-0.2, -0.15) is 0 Å². The molecule has 4 nitrogen and oxygen atoms in total. The first-order valence-electron chi connectivity index (χ1n) is 4.82. The molecule has 1 rings (SSSR count). The highest BCUT2D eigenvalue weighted by Crippen LogP contribution is 2.15. The van der Waals surface area contributed by atoms with Gasteiger partial charge in [0.25, 0.3) is 0 Å². The lowest BCUT2D eigenvalue weighted by molar-refractivity contribution is 0.182. The van der Waals surface area contributed by atoms with Crippen LogP contribution >= 0.6 is 27.5 Å². The highest BCUT2D eigenvalue weighted by molar-refractivity contribution is 9.09. The van der Waals surface area contributed by atoms with E-state index in [1.165, 1.54) is 19.2 Å². The summed E-state index contributed by atoms with van der Waals surface area (Å²) in [6.45, 7) is 0.297. The van der Waals surface area contributed by atoms with Crippen molar-refractivity contribution in [2.45, 2.75) is 10.9 Å². The maximum Gasteiger partial charge on any atom is 0.240 e. The van der Waals surface area contributed by atoms with Gasteiger partial charge in [-0.05, 0) is 18.2 Å². The van der Waals surface area contributed by atoms with Gasteiger partial charge in [0.05, 0.1) is 17.5 Å². The smallest absolute Gasteiger partial charge is 0.240 e. The molecule has 1 atom stereocenters. The van der Waals surface area contributed by atoms with Gasteiger partial charge in [0.1, 0.15) is 0 Å². The van der Waals surface area contributed by atoms with Gasteiger partial charge in [-0.3, -0.25) is 0 Å². The van der Waals surface area contributed by atoms with Crippen LogP contribution in [0, 0.1) is 0 Å². The van der Waals surface area contributed by atoms with Gasteiger partial charge in [-0.1, -0.05) is 33.6 Å². The molecule has 0 heterocycles. The van der Waals surface area contributed by atoms with Crippen molar-refractivity contribution in [1.82, 2.24) is 4.72 Å². The van der Waals surface area contributed by atoms with E-state index in [1.54, 1.807) is 12.1 Å². The topological polar surface area (TPSA) is 55.4 Å². The lowest BCUT2D eigenvalue weighted by atomic mass is 10.4. The van der Waals surface area contributed by atoms with Gasteiger partial charge >= 0.3 is 0 Å². The first-order chi connectivity index (χ1) is 7.99. The van der Waals surface area contributed by atoms with Crippen LogP contribution in [0.25, 0.3) is 0 Å². The second kappa shape index (κ2) is 6.70. The van der Waals surface area contributed by atoms with E-state index >= 15 is 0 Å². The van der Waals surface area contributed by atoms with Crippen LogP contribution in [0.5, 0.6) is 0 Å². The zero-order valence-electron chi connectivity index (χ0n) is 9.19. The minimum atomic E-state index is -3.56. The molecule has 0 aliphatic rings. The quantitative estimate of drug-likeness (QED) is 0.805. The number of hydrogen-bond acceptors (Lipinski definition) is 3. The summed E-state index contributed by atoms with van der Waals surface area (Å²) in [4.78, 5) is 0.145. The minimum absolute atomic E-state index is 0.145. The number of hydrogen-bond donors (Lipinski definition) is 1. The van der Waals surface area contributed by atoms with E-state index in [9.17, 15) is 8.42 Å². The van der Waals surface area contributed by atoms with Gasteiger partial charge < -0.3 is 4.74 Å². The number of halogens is 2. The van der Waals surface area contributed by atoms with Gasteiger partial charge in [0, 0.05) is 17.5 Å². The molecule has 0 saturated carbocycles. The highest BCUT2D eigenvalue weighted by Gasteiger charge is 2.19. The number of alkyl halides is 1. The van der Waals surface area contributed by atoms with E-state index in [0.717, 1.165) is 0 Å². The Morgan fingerprint density at radius 3 is 2.76 bits per heavy atom. The fraction of sp³-hybridized carbons (Fsp3) is 0.400. The molecule has 0 spiro atoms. The SMILES string of the molecule is COCC(CBr)NS(=O)(=O)c1cccc(Cl)c1. The first kappa shape index (κ1) is 14.9. The lowest BCUT2D eigenvalue weighted by Gasteiger charge is -2.15. The predicted molar refractivity (Wildman–Crippen MR) is 71.2 cm³/mol. The molecule has 0 bridgehead atoms. The molecule has 96 valence electrons. The molecule has 0 aromatic heterocycles. The molecule has 1 aromatic carbocycles. The van der Waals surface area contributed by atoms with Crippen LogP contribution in [0.4, 0.5) is 0 Å². The minimum Gasteiger partial charge on any atom is -0.383 e. The molecule has 1 aromatic rings. The van der Waals surface area contributed by atoms with E-state index in [2.05, 4.69) is 20.7 Å². The summed E-state index contributed by atoms with van der Waals surface area (Å²) < 4.78 is 31.4. The van der Waals surface area contributed by atoms with Crippen molar-refractivity contribution < 1.29 is 13.2 Å². The summed E-state index contributed by atoms with van der Waals surface area (Å²) in [6.07, 6.45) is 0. The molecule has 0 aliphatic heterocycles. The van der Waals surface area contributed by atoms with E-state index in [4.69, 9.17) is 16.3 Å². The molecule has 0 fully saturated rings. The third-order valence-electron chi connectivity index (χ3n) is 1.98. The Hall–Kier alpha value is -0.140. The molecular weight excluding hydrogens is 330 g/mol. The maximum absolute atomic E-state index is 12.0. The van der Waals surface area contributed by atoms with Gasteiger partial charge in [0.2, 0.25) is 10.0 Å². The number of rotatable bonds is 6. The van der Waals surface area contributed by atoms with Crippen LogP contribution in [0.15, 0.2) is 29.2 Å². The molecule has 0 radical (unpaired) electrons. The molecule has 1 N–H and O–H groups in total. The fourth-order valence-corrected chi connectivity index (χ4v) is 3.32. The normalized spacial score (nSPS) is 13.6. The largest absolute Gasteiger partial charge is 0.383 e. The Morgan fingerprint density at radius 2 is 2.24 bits per heavy atom. The number of ether oxygens (including phenoxy) is 1. The van der Waals surface area contributed by atoms with Crippen molar-refractivity contribution in [3.8, 4) is 0 Å². The Labute approximate surface area is 114 Å². The van der Waals surface area contributed by atoms with Crippen molar-refractivity contribution >= 4 is 37.6 Å². The van der Waals surface area contributed by atoms with E-state index in [0.29, 0.717) is 17.0 Å². The van der Waals surface area contributed by atoms with Crippen LogP contribution in [0.1, 0.15) is 0 Å². The van der Waals surface area contributed by atoms with E-state index in [-0.39, 0.29) is 10.9 Å². The molecule has 17 heavy (non-hydrogen) atoms. The zero-order valence-corrected chi connectivity index (χ0v) is 12.3. The predicted octanol–water partition coefficient (Wildman–Crippen LogP) is 2.03. The zero-order chi connectivity index (χ0) is 12.9. The summed E-state index contributed by atoms with van der Waals surface area (Å²) in [5.41, 5.74) is 0. The van der Waals surface area contributed by atoms with Crippen LogP contribution in [0.2, 0.25) is 5.02 Å². The molecule has 0 saturated heterocycles. The number of nitrogens with one attached hydrogen (secondary N) is 1. The van der Waals surface area contributed by atoms with Crippen LogP contribution in [-0.2, 0) is 14.8 Å². The molecule has 1 unspecified atom stereocenters. The molecular formula is C10H13BrClNO3S. The van der Waals surface area contributed by atoms with Crippen LogP contribution in [-0.4, -0.2) is 33.5 Å². The standard InChI is InChI=1S/C10H13BrClNO3S/c1-16-7-9(6-11)13-17(14,15)10-4-2-3-8(12)5-10/h2-5,9,13H,6-7H2,1H3. The first-order valence-corrected chi connectivity index (χ1v) is 7.80. The fourth-order valence-electron chi connectivity index (χ4n) is 1.23.